The van der Waals surface area contributed by atoms with Gasteiger partial charge in [0.25, 0.3) is 0 Å². The SMILES string of the molecule is Cc1cccc(-c2nc(C)c(CC(C)(C)N)s2)c1. The normalized spacial score (nSPS) is 11.8. The molecular formula is C15H20N2S. The van der Waals surface area contributed by atoms with Crippen LogP contribution in [0.3, 0.4) is 0 Å². The van der Waals surface area contributed by atoms with Gasteiger partial charge in [-0.3, -0.25) is 0 Å². The van der Waals surface area contributed by atoms with E-state index in [-0.39, 0.29) is 5.54 Å². The zero-order valence-electron chi connectivity index (χ0n) is 11.4. The highest BCUT2D eigenvalue weighted by molar-refractivity contribution is 7.15. The van der Waals surface area contributed by atoms with Gasteiger partial charge in [-0.15, -0.1) is 11.3 Å². The zero-order valence-corrected chi connectivity index (χ0v) is 12.3. The first-order valence-corrected chi connectivity index (χ1v) is 6.99. The average molecular weight is 260 g/mol. The fourth-order valence-corrected chi connectivity index (χ4v) is 3.21. The van der Waals surface area contributed by atoms with Crippen LogP contribution in [-0.4, -0.2) is 10.5 Å². The predicted molar refractivity (Wildman–Crippen MR) is 79.0 cm³/mol. The Hall–Kier alpha value is -1.19. The van der Waals surface area contributed by atoms with Crippen molar-refractivity contribution in [1.29, 1.82) is 0 Å². The van der Waals surface area contributed by atoms with Crippen LogP contribution in [0.15, 0.2) is 24.3 Å². The van der Waals surface area contributed by atoms with Crippen molar-refractivity contribution in [3.8, 4) is 10.6 Å². The third-order valence-corrected chi connectivity index (χ3v) is 3.98. The van der Waals surface area contributed by atoms with Crippen LogP contribution in [0.2, 0.25) is 0 Å². The highest BCUT2D eigenvalue weighted by Crippen LogP contribution is 2.30. The number of rotatable bonds is 3. The van der Waals surface area contributed by atoms with E-state index in [4.69, 9.17) is 5.73 Å². The smallest absolute Gasteiger partial charge is 0.123 e. The minimum atomic E-state index is -0.179. The van der Waals surface area contributed by atoms with Crippen molar-refractivity contribution in [2.45, 2.75) is 39.7 Å². The van der Waals surface area contributed by atoms with Crippen molar-refractivity contribution in [1.82, 2.24) is 4.98 Å². The number of hydrogen-bond acceptors (Lipinski definition) is 3. The van der Waals surface area contributed by atoms with E-state index in [1.807, 2.05) is 0 Å². The Labute approximate surface area is 113 Å². The minimum Gasteiger partial charge on any atom is -0.325 e. The molecule has 0 saturated carbocycles. The van der Waals surface area contributed by atoms with E-state index in [1.54, 1.807) is 11.3 Å². The molecule has 0 amide bonds. The summed E-state index contributed by atoms with van der Waals surface area (Å²) in [5.74, 6) is 0. The first kappa shape index (κ1) is 13.2. The Morgan fingerprint density at radius 3 is 2.61 bits per heavy atom. The standard InChI is InChI=1S/C15H20N2S/c1-10-6-5-7-12(8-10)14-17-11(2)13(18-14)9-15(3,4)16/h5-8H,9,16H2,1-4H3. The summed E-state index contributed by atoms with van der Waals surface area (Å²) in [6.45, 7) is 8.28. The fraction of sp³-hybridized carbons (Fsp3) is 0.400. The van der Waals surface area contributed by atoms with E-state index in [0.29, 0.717) is 0 Å². The first-order valence-electron chi connectivity index (χ1n) is 6.17. The lowest BCUT2D eigenvalue weighted by Gasteiger charge is -2.16. The number of nitrogens with two attached hydrogens (primary N) is 1. The lowest BCUT2D eigenvalue weighted by Crippen LogP contribution is -2.34. The lowest BCUT2D eigenvalue weighted by molar-refractivity contribution is 0.519. The molecule has 0 radical (unpaired) electrons. The second-order valence-corrected chi connectivity index (χ2v) is 6.65. The molecule has 0 saturated heterocycles. The zero-order chi connectivity index (χ0) is 13.3. The Morgan fingerprint density at radius 1 is 1.28 bits per heavy atom. The van der Waals surface area contributed by atoms with Crippen LogP contribution in [0.5, 0.6) is 0 Å². The highest BCUT2D eigenvalue weighted by atomic mass is 32.1. The summed E-state index contributed by atoms with van der Waals surface area (Å²) >= 11 is 1.76. The maximum absolute atomic E-state index is 6.09. The molecule has 0 bridgehead atoms. The van der Waals surface area contributed by atoms with Crippen molar-refractivity contribution in [3.63, 3.8) is 0 Å². The molecule has 96 valence electrons. The van der Waals surface area contributed by atoms with Gasteiger partial charge in [-0.25, -0.2) is 4.98 Å². The van der Waals surface area contributed by atoms with E-state index in [1.165, 1.54) is 16.0 Å². The van der Waals surface area contributed by atoms with Crippen LogP contribution in [0.25, 0.3) is 10.6 Å². The van der Waals surface area contributed by atoms with E-state index in [9.17, 15) is 0 Å². The van der Waals surface area contributed by atoms with Gasteiger partial charge in [0, 0.05) is 22.4 Å². The molecule has 2 aromatic rings. The number of thiazole rings is 1. The molecule has 0 atom stereocenters. The molecule has 0 aliphatic heterocycles. The van der Waals surface area contributed by atoms with Crippen LogP contribution in [-0.2, 0) is 6.42 Å². The van der Waals surface area contributed by atoms with Crippen molar-refractivity contribution in [3.05, 3.63) is 40.4 Å². The Morgan fingerprint density at radius 2 is 2.00 bits per heavy atom. The summed E-state index contributed by atoms with van der Waals surface area (Å²) < 4.78 is 0. The third-order valence-electron chi connectivity index (χ3n) is 2.77. The van der Waals surface area contributed by atoms with Gasteiger partial charge in [-0.1, -0.05) is 23.8 Å². The molecule has 2 rings (SSSR count). The van der Waals surface area contributed by atoms with Crippen molar-refractivity contribution < 1.29 is 0 Å². The summed E-state index contributed by atoms with van der Waals surface area (Å²) in [4.78, 5) is 5.96. The Kier molecular flexibility index (Phi) is 3.55. The van der Waals surface area contributed by atoms with Crippen LogP contribution in [0, 0.1) is 13.8 Å². The molecular weight excluding hydrogens is 240 g/mol. The van der Waals surface area contributed by atoms with E-state index in [2.05, 4.69) is 56.9 Å². The largest absolute Gasteiger partial charge is 0.325 e. The van der Waals surface area contributed by atoms with Gasteiger partial charge in [-0.2, -0.15) is 0 Å². The Balaban J connectivity index is 2.34. The maximum Gasteiger partial charge on any atom is 0.123 e. The molecule has 0 spiro atoms. The molecule has 2 nitrogen and oxygen atoms in total. The van der Waals surface area contributed by atoms with Crippen LogP contribution < -0.4 is 5.73 Å². The molecule has 2 N–H and O–H groups in total. The highest BCUT2D eigenvalue weighted by Gasteiger charge is 2.17. The summed E-state index contributed by atoms with van der Waals surface area (Å²) in [7, 11) is 0. The monoisotopic (exact) mass is 260 g/mol. The van der Waals surface area contributed by atoms with E-state index < -0.39 is 0 Å². The maximum atomic E-state index is 6.09. The second kappa shape index (κ2) is 4.82. The summed E-state index contributed by atoms with van der Waals surface area (Å²) in [5, 5.41) is 1.09. The molecule has 0 unspecified atom stereocenters. The number of hydrogen-bond donors (Lipinski definition) is 1. The van der Waals surface area contributed by atoms with E-state index >= 15 is 0 Å². The molecule has 3 heteroatoms. The summed E-state index contributed by atoms with van der Waals surface area (Å²) in [6, 6.07) is 8.47. The van der Waals surface area contributed by atoms with Gasteiger partial charge in [0.05, 0.1) is 5.69 Å². The van der Waals surface area contributed by atoms with Crippen LogP contribution in [0.1, 0.15) is 30.0 Å². The quantitative estimate of drug-likeness (QED) is 0.913. The van der Waals surface area contributed by atoms with Gasteiger partial charge in [0.15, 0.2) is 0 Å². The topological polar surface area (TPSA) is 38.9 Å². The molecule has 18 heavy (non-hydrogen) atoms. The molecule has 0 aliphatic rings. The van der Waals surface area contributed by atoms with Crippen LogP contribution >= 0.6 is 11.3 Å². The molecule has 1 heterocycles. The second-order valence-electron chi connectivity index (χ2n) is 5.56. The minimum absolute atomic E-state index is 0.179. The number of aromatic nitrogens is 1. The molecule has 1 aromatic heterocycles. The summed E-state index contributed by atoms with van der Waals surface area (Å²) in [5.41, 5.74) is 9.48. The number of benzene rings is 1. The van der Waals surface area contributed by atoms with Gasteiger partial charge in [-0.05, 0) is 33.8 Å². The van der Waals surface area contributed by atoms with Gasteiger partial charge in [0.1, 0.15) is 5.01 Å². The molecule has 1 aromatic carbocycles. The summed E-state index contributed by atoms with van der Waals surface area (Å²) in [6.07, 6.45) is 0.877. The van der Waals surface area contributed by atoms with E-state index in [0.717, 1.165) is 17.1 Å². The average Bonchev–Trinajstić information content (AvgIpc) is 2.58. The number of aryl methyl sites for hydroxylation is 2. The van der Waals surface area contributed by atoms with Crippen molar-refractivity contribution in [2.75, 3.05) is 0 Å². The Bertz CT molecular complexity index is 550. The van der Waals surface area contributed by atoms with Crippen molar-refractivity contribution >= 4 is 11.3 Å². The molecule has 0 aliphatic carbocycles. The van der Waals surface area contributed by atoms with Gasteiger partial charge < -0.3 is 5.73 Å². The third kappa shape index (κ3) is 3.18. The van der Waals surface area contributed by atoms with Crippen LogP contribution in [0.4, 0.5) is 0 Å². The number of nitrogens with zero attached hydrogens (tertiary/aromatic N) is 1. The first-order chi connectivity index (χ1) is 8.35. The molecule has 0 fully saturated rings. The van der Waals surface area contributed by atoms with Gasteiger partial charge in [0.2, 0.25) is 0 Å². The fourth-order valence-electron chi connectivity index (χ4n) is 1.91. The lowest BCUT2D eigenvalue weighted by atomic mass is 10.0. The predicted octanol–water partition coefficient (Wildman–Crippen LogP) is 3.71. The van der Waals surface area contributed by atoms with Gasteiger partial charge >= 0.3 is 0 Å². The van der Waals surface area contributed by atoms with Crippen molar-refractivity contribution in [2.24, 2.45) is 5.73 Å².